The number of benzene rings is 1. The second-order valence-electron chi connectivity index (χ2n) is 5.68. The normalized spacial score (nSPS) is 16.0. The zero-order chi connectivity index (χ0) is 15.1. The Morgan fingerprint density at radius 1 is 1.19 bits per heavy atom. The molecule has 1 fully saturated rings. The van der Waals surface area contributed by atoms with E-state index < -0.39 is 0 Å². The van der Waals surface area contributed by atoms with Crippen molar-refractivity contribution < 1.29 is 14.4 Å². The number of carbonyl (C=O) groups excluding carboxylic acids is 1. The third-order valence-corrected chi connectivity index (χ3v) is 3.81. The Morgan fingerprint density at radius 2 is 1.90 bits per heavy atom. The van der Waals surface area contributed by atoms with E-state index in [2.05, 4.69) is 12.1 Å². The van der Waals surface area contributed by atoms with Crippen LogP contribution >= 0.6 is 0 Å². The summed E-state index contributed by atoms with van der Waals surface area (Å²) in [6.45, 7) is 6.46. The van der Waals surface area contributed by atoms with Gasteiger partial charge in [-0.15, -0.1) is 0 Å². The molecule has 1 saturated carbocycles. The summed E-state index contributed by atoms with van der Waals surface area (Å²) in [6, 6.07) is 10.3. The Hall–Kier alpha value is -1.39. The summed E-state index contributed by atoms with van der Waals surface area (Å²) < 4.78 is 5.08. The molecular formula is C17H25NO3. The Balaban J connectivity index is 1.91. The minimum atomic E-state index is -0.0915. The highest BCUT2D eigenvalue weighted by molar-refractivity contribution is 5.70. The van der Waals surface area contributed by atoms with Crippen LogP contribution in [0.5, 0.6) is 0 Å². The van der Waals surface area contributed by atoms with Crippen molar-refractivity contribution in [1.29, 1.82) is 0 Å². The summed E-state index contributed by atoms with van der Waals surface area (Å²) in [7, 11) is 0. The van der Waals surface area contributed by atoms with Gasteiger partial charge in [0.05, 0.1) is 19.6 Å². The summed E-state index contributed by atoms with van der Waals surface area (Å²) in [5, 5.41) is 1.99. The van der Waals surface area contributed by atoms with E-state index in [0.717, 1.165) is 25.9 Å². The molecule has 0 N–H and O–H groups in total. The Labute approximate surface area is 127 Å². The quantitative estimate of drug-likeness (QED) is 0.517. The fourth-order valence-corrected chi connectivity index (χ4v) is 2.58. The van der Waals surface area contributed by atoms with Crippen molar-refractivity contribution in [2.24, 2.45) is 5.41 Å². The van der Waals surface area contributed by atoms with E-state index in [9.17, 15) is 4.79 Å². The Morgan fingerprint density at radius 3 is 2.48 bits per heavy atom. The fourth-order valence-electron chi connectivity index (χ4n) is 2.58. The molecule has 116 valence electrons. The van der Waals surface area contributed by atoms with Crippen LogP contribution in [-0.2, 0) is 20.9 Å². The van der Waals surface area contributed by atoms with E-state index in [1.54, 1.807) is 0 Å². The van der Waals surface area contributed by atoms with Crippen LogP contribution in [0.25, 0.3) is 0 Å². The van der Waals surface area contributed by atoms with Gasteiger partial charge in [0.25, 0.3) is 0 Å². The molecule has 1 aromatic rings. The number of hydroxylamine groups is 2. The van der Waals surface area contributed by atoms with Crippen LogP contribution in [0.1, 0.15) is 38.7 Å². The van der Waals surface area contributed by atoms with Crippen LogP contribution in [0.4, 0.5) is 0 Å². The zero-order valence-electron chi connectivity index (χ0n) is 13.0. The van der Waals surface area contributed by atoms with Crippen molar-refractivity contribution in [2.75, 3.05) is 19.8 Å². The van der Waals surface area contributed by atoms with E-state index in [-0.39, 0.29) is 11.4 Å². The first-order chi connectivity index (χ1) is 10.2. The van der Waals surface area contributed by atoms with Crippen LogP contribution in [0, 0.1) is 5.41 Å². The minimum Gasteiger partial charge on any atom is -0.466 e. The SMILES string of the molecule is CCOC(=O)CC1(CN(Cc2ccccc2)OCC)CC1. The zero-order valence-corrected chi connectivity index (χ0v) is 13.0. The number of hydrogen-bond acceptors (Lipinski definition) is 4. The molecule has 0 saturated heterocycles. The maximum atomic E-state index is 11.7. The van der Waals surface area contributed by atoms with Crippen molar-refractivity contribution in [1.82, 2.24) is 5.06 Å². The van der Waals surface area contributed by atoms with Gasteiger partial charge in [-0.1, -0.05) is 30.3 Å². The van der Waals surface area contributed by atoms with Gasteiger partial charge in [-0.2, -0.15) is 5.06 Å². The number of nitrogens with zero attached hydrogens (tertiary/aromatic N) is 1. The molecule has 21 heavy (non-hydrogen) atoms. The van der Waals surface area contributed by atoms with E-state index in [1.807, 2.05) is 37.1 Å². The molecule has 0 atom stereocenters. The number of hydrogen-bond donors (Lipinski definition) is 0. The van der Waals surface area contributed by atoms with E-state index >= 15 is 0 Å². The van der Waals surface area contributed by atoms with Gasteiger partial charge in [0.2, 0.25) is 0 Å². The maximum absolute atomic E-state index is 11.7. The monoisotopic (exact) mass is 291 g/mol. The molecular weight excluding hydrogens is 266 g/mol. The lowest BCUT2D eigenvalue weighted by Gasteiger charge is -2.26. The van der Waals surface area contributed by atoms with Crippen molar-refractivity contribution in [2.45, 2.75) is 39.7 Å². The number of carbonyl (C=O) groups is 1. The predicted octanol–water partition coefficient (Wildman–Crippen LogP) is 3.17. The van der Waals surface area contributed by atoms with Crippen molar-refractivity contribution >= 4 is 5.97 Å². The number of rotatable bonds is 9. The lowest BCUT2D eigenvalue weighted by atomic mass is 10.0. The molecule has 0 amide bonds. The van der Waals surface area contributed by atoms with Gasteiger partial charge >= 0.3 is 5.97 Å². The molecule has 0 spiro atoms. The largest absolute Gasteiger partial charge is 0.466 e. The van der Waals surface area contributed by atoms with Crippen LogP contribution in [0.15, 0.2) is 30.3 Å². The molecule has 1 aliphatic carbocycles. The van der Waals surface area contributed by atoms with Crippen molar-refractivity contribution in [3.63, 3.8) is 0 Å². The average molecular weight is 291 g/mol. The van der Waals surface area contributed by atoms with Gasteiger partial charge in [0.1, 0.15) is 0 Å². The lowest BCUT2D eigenvalue weighted by molar-refractivity contribution is -0.174. The molecule has 0 aromatic heterocycles. The smallest absolute Gasteiger partial charge is 0.306 e. The molecule has 2 rings (SSSR count). The molecule has 0 bridgehead atoms. The third kappa shape index (κ3) is 5.14. The van der Waals surface area contributed by atoms with Crippen LogP contribution < -0.4 is 0 Å². The molecule has 0 radical (unpaired) electrons. The van der Waals surface area contributed by atoms with Gasteiger partial charge in [0.15, 0.2) is 0 Å². The highest BCUT2D eigenvalue weighted by atomic mass is 16.7. The molecule has 4 nitrogen and oxygen atoms in total. The van der Waals surface area contributed by atoms with Gasteiger partial charge in [-0.25, -0.2) is 0 Å². The summed E-state index contributed by atoms with van der Waals surface area (Å²) in [5.74, 6) is -0.0915. The van der Waals surface area contributed by atoms with Crippen LogP contribution in [-0.4, -0.2) is 30.8 Å². The molecule has 1 aliphatic rings. The van der Waals surface area contributed by atoms with Crippen molar-refractivity contribution in [3.05, 3.63) is 35.9 Å². The highest BCUT2D eigenvalue weighted by Gasteiger charge is 2.46. The highest BCUT2D eigenvalue weighted by Crippen LogP contribution is 2.49. The summed E-state index contributed by atoms with van der Waals surface area (Å²) >= 11 is 0. The van der Waals surface area contributed by atoms with E-state index in [0.29, 0.717) is 19.6 Å². The first-order valence-corrected chi connectivity index (χ1v) is 7.75. The minimum absolute atomic E-state index is 0.0518. The first kappa shape index (κ1) is 16.0. The van der Waals surface area contributed by atoms with Gasteiger partial charge in [0, 0.05) is 13.1 Å². The van der Waals surface area contributed by atoms with Crippen molar-refractivity contribution in [3.8, 4) is 0 Å². The van der Waals surface area contributed by atoms with Crippen LogP contribution in [0.2, 0.25) is 0 Å². The Bertz CT molecular complexity index is 443. The number of esters is 1. The van der Waals surface area contributed by atoms with Gasteiger partial charge in [-0.3, -0.25) is 9.63 Å². The average Bonchev–Trinajstić information content (AvgIpc) is 3.19. The predicted molar refractivity (Wildman–Crippen MR) is 81.4 cm³/mol. The van der Waals surface area contributed by atoms with E-state index in [4.69, 9.17) is 9.57 Å². The molecule has 0 heterocycles. The second kappa shape index (κ2) is 7.57. The van der Waals surface area contributed by atoms with Crippen LogP contribution in [0.3, 0.4) is 0 Å². The third-order valence-electron chi connectivity index (χ3n) is 3.81. The fraction of sp³-hybridized carbons (Fsp3) is 0.588. The maximum Gasteiger partial charge on any atom is 0.306 e. The molecule has 1 aromatic carbocycles. The van der Waals surface area contributed by atoms with E-state index in [1.165, 1.54) is 5.56 Å². The summed E-state index contributed by atoms with van der Waals surface area (Å²) in [5.41, 5.74) is 1.27. The first-order valence-electron chi connectivity index (χ1n) is 7.75. The van der Waals surface area contributed by atoms with Gasteiger partial charge < -0.3 is 4.74 Å². The molecule has 4 heteroatoms. The second-order valence-corrected chi connectivity index (χ2v) is 5.68. The van der Waals surface area contributed by atoms with Gasteiger partial charge in [-0.05, 0) is 37.7 Å². The molecule has 0 aliphatic heterocycles. The topological polar surface area (TPSA) is 38.8 Å². The Kier molecular flexibility index (Phi) is 5.76. The summed E-state index contributed by atoms with van der Waals surface area (Å²) in [6.07, 6.45) is 2.65. The summed E-state index contributed by atoms with van der Waals surface area (Å²) in [4.78, 5) is 17.5. The molecule has 0 unspecified atom stereocenters. The number of ether oxygens (including phenoxy) is 1. The lowest BCUT2D eigenvalue weighted by Crippen LogP contribution is -2.32. The standard InChI is InChI=1S/C17H25NO3/c1-3-20-16(19)12-17(10-11-17)14-18(21-4-2)13-15-8-6-5-7-9-15/h5-9H,3-4,10-14H2,1-2H3.